The zero-order valence-corrected chi connectivity index (χ0v) is 8.52. The summed E-state index contributed by atoms with van der Waals surface area (Å²) in [5.41, 5.74) is 1.25. The summed E-state index contributed by atoms with van der Waals surface area (Å²) in [6.45, 7) is 2.53. The number of rotatable bonds is 1. The molecule has 1 unspecified atom stereocenters. The largest absolute Gasteiger partial charge is 0.324 e. The lowest BCUT2D eigenvalue weighted by Crippen LogP contribution is -2.25. The Hall–Kier alpha value is -0.870. The maximum Gasteiger partial charge on any atom is 0.237 e. The van der Waals surface area contributed by atoms with E-state index in [1.54, 1.807) is 16.2 Å². The number of carbonyl (C=O) groups is 1. The van der Waals surface area contributed by atoms with Gasteiger partial charge in [-0.2, -0.15) is 0 Å². The highest BCUT2D eigenvalue weighted by Gasteiger charge is 2.29. The van der Waals surface area contributed by atoms with Gasteiger partial charge in [0, 0.05) is 11.9 Å². The monoisotopic (exact) mass is 196 g/mol. The van der Waals surface area contributed by atoms with Crippen LogP contribution in [0.1, 0.15) is 16.6 Å². The van der Waals surface area contributed by atoms with Gasteiger partial charge in [-0.1, -0.05) is 0 Å². The van der Waals surface area contributed by atoms with Crippen LogP contribution in [0.2, 0.25) is 0 Å². The van der Waals surface area contributed by atoms with E-state index >= 15 is 0 Å². The zero-order valence-electron chi connectivity index (χ0n) is 7.70. The summed E-state index contributed by atoms with van der Waals surface area (Å²) in [7, 11) is 1.84. The number of nitrogens with one attached hydrogen (secondary N) is 1. The number of likely N-dealkylation sites (N-methyl/N-ethyl adjacent to an activating group) is 1. The van der Waals surface area contributed by atoms with Gasteiger partial charge < -0.3 is 4.90 Å². The molecule has 2 rings (SSSR count). The first-order chi connectivity index (χ1) is 6.20. The molecule has 1 saturated heterocycles. The van der Waals surface area contributed by atoms with Crippen LogP contribution in [0, 0.1) is 6.92 Å². The van der Waals surface area contributed by atoms with E-state index < -0.39 is 0 Å². The third kappa shape index (κ3) is 1.36. The first kappa shape index (κ1) is 8.72. The first-order valence-electron chi connectivity index (χ1n) is 4.23. The van der Waals surface area contributed by atoms with Crippen LogP contribution in [0.25, 0.3) is 0 Å². The third-order valence-corrected chi connectivity index (χ3v) is 3.45. The molecule has 1 aliphatic heterocycles. The molecule has 1 N–H and O–H groups in total. The van der Waals surface area contributed by atoms with Crippen molar-refractivity contribution in [2.75, 3.05) is 13.6 Å². The van der Waals surface area contributed by atoms with Gasteiger partial charge in [0.1, 0.15) is 6.17 Å². The molecule has 1 atom stereocenters. The molecule has 0 aliphatic carbocycles. The molecule has 1 aromatic rings. The van der Waals surface area contributed by atoms with Crippen molar-refractivity contribution in [2.45, 2.75) is 13.1 Å². The van der Waals surface area contributed by atoms with E-state index in [0.717, 1.165) is 0 Å². The second kappa shape index (κ2) is 3.12. The van der Waals surface area contributed by atoms with Crippen molar-refractivity contribution >= 4 is 17.2 Å². The van der Waals surface area contributed by atoms with Gasteiger partial charge in [0.25, 0.3) is 0 Å². The van der Waals surface area contributed by atoms with Crippen molar-refractivity contribution < 1.29 is 4.79 Å². The highest BCUT2D eigenvalue weighted by Crippen LogP contribution is 2.28. The average molecular weight is 196 g/mol. The molecule has 0 aromatic carbocycles. The summed E-state index contributed by atoms with van der Waals surface area (Å²) < 4.78 is 0. The Morgan fingerprint density at radius 1 is 1.69 bits per heavy atom. The molecule has 3 nitrogen and oxygen atoms in total. The number of amides is 1. The molecule has 13 heavy (non-hydrogen) atoms. The molecule has 0 spiro atoms. The predicted molar refractivity (Wildman–Crippen MR) is 52.6 cm³/mol. The van der Waals surface area contributed by atoms with Gasteiger partial charge in [0.2, 0.25) is 5.91 Å². The molecular weight excluding hydrogens is 184 g/mol. The number of nitrogens with zero attached hydrogens (tertiary/aromatic N) is 1. The van der Waals surface area contributed by atoms with Gasteiger partial charge in [-0.3, -0.25) is 10.1 Å². The quantitative estimate of drug-likeness (QED) is 0.730. The number of thiophene rings is 1. The van der Waals surface area contributed by atoms with Crippen LogP contribution in [0.4, 0.5) is 0 Å². The Labute approximate surface area is 81.4 Å². The SMILES string of the molecule is Cc1ccsc1C1NCC(=O)N1C. The number of carbonyl (C=O) groups excluding carboxylic acids is 1. The van der Waals surface area contributed by atoms with E-state index in [2.05, 4.69) is 23.7 Å². The molecule has 4 heteroatoms. The van der Waals surface area contributed by atoms with Gasteiger partial charge >= 0.3 is 0 Å². The Bertz CT molecular complexity index is 334. The van der Waals surface area contributed by atoms with Gasteiger partial charge in [0.15, 0.2) is 0 Å². The van der Waals surface area contributed by atoms with Crippen LogP contribution >= 0.6 is 11.3 Å². The fourth-order valence-electron chi connectivity index (χ4n) is 1.52. The number of hydrogen-bond acceptors (Lipinski definition) is 3. The summed E-state index contributed by atoms with van der Waals surface area (Å²) in [5, 5.41) is 5.24. The van der Waals surface area contributed by atoms with Crippen molar-refractivity contribution in [1.29, 1.82) is 0 Å². The Morgan fingerprint density at radius 3 is 2.92 bits per heavy atom. The lowest BCUT2D eigenvalue weighted by molar-refractivity contribution is -0.126. The van der Waals surface area contributed by atoms with E-state index in [9.17, 15) is 4.79 Å². The summed E-state index contributed by atoms with van der Waals surface area (Å²) >= 11 is 1.70. The maximum absolute atomic E-state index is 11.3. The van der Waals surface area contributed by atoms with E-state index in [1.807, 2.05) is 7.05 Å². The van der Waals surface area contributed by atoms with Crippen LogP contribution in [0.5, 0.6) is 0 Å². The Kier molecular flexibility index (Phi) is 2.09. The Balaban J connectivity index is 2.28. The standard InChI is InChI=1S/C9H12N2OS/c1-6-3-4-13-8(6)9-10-5-7(12)11(9)2/h3-4,9-10H,5H2,1-2H3. The lowest BCUT2D eigenvalue weighted by Gasteiger charge is -2.18. The second-order valence-corrected chi connectivity index (χ2v) is 4.20. The molecule has 1 amide bonds. The fraction of sp³-hybridized carbons (Fsp3) is 0.444. The second-order valence-electron chi connectivity index (χ2n) is 3.26. The topological polar surface area (TPSA) is 32.3 Å². The molecule has 1 aliphatic rings. The van der Waals surface area contributed by atoms with Gasteiger partial charge in [-0.05, 0) is 23.9 Å². The summed E-state index contributed by atoms with van der Waals surface area (Å²) in [4.78, 5) is 14.3. The summed E-state index contributed by atoms with van der Waals surface area (Å²) in [6.07, 6.45) is 0.0903. The Morgan fingerprint density at radius 2 is 2.46 bits per heavy atom. The van der Waals surface area contributed by atoms with Crippen molar-refractivity contribution in [3.8, 4) is 0 Å². The minimum Gasteiger partial charge on any atom is -0.324 e. The van der Waals surface area contributed by atoms with Gasteiger partial charge in [-0.25, -0.2) is 0 Å². The molecule has 1 fully saturated rings. The van der Waals surface area contributed by atoms with E-state index in [1.165, 1.54) is 10.4 Å². The molecule has 0 saturated carbocycles. The third-order valence-electron chi connectivity index (χ3n) is 2.38. The van der Waals surface area contributed by atoms with Crippen LogP contribution in [-0.2, 0) is 4.79 Å². The van der Waals surface area contributed by atoms with E-state index in [-0.39, 0.29) is 12.1 Å². The fourth-order valence-corrected chi connectivity index (χ4v) is 2.57. The average Bonchev–Trinajstić information content (AvgIpc) is 2.62. The first-order valence-corrected chi connectivity index (χ1v) is 5.11. The van der Waals surface area contributed by atoms with Crippen molar-refractivity contribution in [3.63, 3.8) is 0 Å². The van der Waals surface area contributed by atoms with Crippen molar-refractivity contribution in [2.24, 2.45) is 0 Å². The molecular formula is C9H12N2OS. The lowest BCUT2D eigenvalue weighted by atomic mass is 10.2. The number of aryl methyl sites for hydroxylation is 1. The van der Waals surface area contributed by atoms with E-state index in [0.29, 0.717) is 6.54 Å². The smallest absolute Gasteiger partial charge is 0.237 e. The van der Waals surface area contributed by atoms with Gasteiger partial charge in [-0.15, -0.1) is 11.3 Å². The van der Waals surface area contributed by atoms with Gasteiger partial charge in [0.05, 0.1) is 6.54 Å². The highest BCUT2D eigenvalue weighted by molar-refractivity contribution is 7.10. The van der Waals surface area contributed by atoms with Crippen molar-refractivity contribution in [3.05, 3.63) is 21.9 Å². The molecule has 1 aromatic heterocycles. The van der Waals surface area contributed by atoms with Crippen LogP contribution in [0.15, 0.2) is 11.4 Å². The molecule has 2 heterocycles. The predicted octanol–water partition coefficient (Wildman–Crippen LogP) is 1.12. The molecule has 0 radical (unpaired) electrons. The zero-order chi connectivity index (χ0) is 9.42. The highest BCUT2D eigenvalue weighted by atomic mass is 32.1. The van der Waals surface area contributed by atoms with Crippen LogP contribution in [-0.4, -0.2) is 24.4 Å². The van der Waals surface area contributed by atoms with Crippen LogP contribution in [0.3, 0.4) is 0 Å². The minimum atomic E-state index is 0.0903. The number of hydrogen-bond donors (Lipinski definition) is 1. The maximum atomic E-state index is 11.3. The van der Waals surface area contributed by atoms with E-state index in [4.69, 9.17) is 0 Å². The summed E-state index contributed by atoms with van der Waals surface area (Å²) in [5.74, 6) is 0.165. The minimum absolute atomic E-state index is 0.0903. The molecule has 0 bridgehead atoms. The normalized spacial score (nSPS) is 22.8. The van der Waals surface area contributed by atoms with Crippen LogP contribution < -0.4 is 5.32 Å². The van der Waals surface area contributed by atoms with Crippen molar-refractivity contribution in [1.82, 2.24) is 10.2 Å². The molecule has 70 valence electrons. The summed E-state index contributed by atoms with van der Waals surface area (Å²) in [6, 6.07) is 2.08.